The van der Waals surface area contributed by atoms with E-state index in [0.717, 1.165) is 6.20 Å². The highest BCUT2D eigenvalue weighted by Gasteiger charge is 2.37. The fourth-order valence-electron chi connectivity index (χ4n) is 0.749. The molecule has 1 unspecified atom stereocenters. The smallest absolute Gasteiger partial charge is 0.316 e. The molecule has 2 nitrogen and oxygen atoms in total. The Balaban J connectivity index is 2.86. The van der Waals surface area contributed by atoms with E-state index >= 15 is 0 Å². The summed E-state index contributed by atoms with van der Waals surface area (Å²) in [5.41, 5.74) is 4.88. The summed E-state index contributed by atoms with van der Waals surface area (Å²) in [6.45, 7) is 0. The van der Waals surface area contributed by atoms with Crippen molar-refractivity contribution in [1.82, 2.24) is 4.98 Å². The largest absolute Gasteiger partial charge is 0.407 e. The zero-order chi connectivity index (χ0) is 9.19. The fourth-order valence-corrected chi connectivity index (χ4v) is 0.749. The van der Waals surface area contributed by atoms with Crippen molar-refractivity contribution in [1.29, 1.82) is 0 Å². The minimum Gasteiger partial charge on any atom is -0.316 e. The highest BCUT2D eigenvalue weighted by atomic mass is 19.4. The Morgan fingerprint density at radius 1 is 1.42 bits per heavy atom. The quantitative estimate of drug-likeness (QED) is 0.706. The molecule has 1 atom stereocenters. The topological polar surface area (TPSA) is 38.9 Å². The molecule has 0 aliphatic rings. The van der Waals surface area contributed by atoms with Gasteiger partial charge in [0.15, 0.2) is 0 Å². The van der Waals surface area contributed by atoms with Crippen LogP contribution in [-0.4, -0.2) is 11.2 Å². The lowest BCUT2D eigenvalue weighted by Gasteiger charge is -2.14. The lowest BCUT2D eigenvalue weighted by atomic mass is 10.1. The van der Waals surface area contributed by atoms with Crippen LogP contribution < -0.4 is 5.73 Å². The normalized spacial score (nSPS) is 14.3. The summed E-state index contributed by atoms with van der Waals surface area (Å²) in [4.78, 5) is 3.54. The molecule has 0 fully saturated rings. The maximum absolute atomic E-state index is 12.0. The first kappa shape index (κ1) is 8.99. The maximum Gasteiger partial charge on any atom is 0.407 e. The van der Waals surface area contributed by atoms with E-state index in [1.54, 1.807) is 0 Å². The van der Waals surface area contributed by atoms with Crippen molar-refractivity contribution in [3.63, 3.8) is 0 Å². The zero-order valence-corrected chi connectivity index (χ0v) is 6.05. The van der Waals surface area contributed by atoms with Gasteiger partial charge in [0.25, 0.3) is 0 Å². The second-order valence-electron chi connectivity index (χ2n) is 2.31. The van der Waals surface area contributed by atoms with Gasteiger partial charge in [-0.3, -0.25) is 4.98 Å². The minimum absolute atomic E-state index is 0.0231. The van der Waals surface area contributed by atoms with Crippen LogP contribution in [0.5, 0.6) is 0 Å². The molecule has 0 spiro atoms. The molecule has 0 aliphatic carbocycles. The highest BCUT2D eigenvalue weighted by molar-refractivity contribution is 5.14. The first-order chi connectivity index (χ1) is 5.52. The average molecular weight is 176 g/mol. The van der Waals surface area contributed by atoms with Crippen LogP contribution in [0.3, 0.4) is 0 Å². The van der Waals surface area contributed by atoms with Crippen molar-refractivity contribution < 1.29 is 13.2 Å². The number of pyridine rings is 1. The van der Waals surface area contributed by atoms with Gasteiger partial charge in [-0.25, -0.2) is 0 Å². The molecule has 1 aromatic heterocycles. The predicted octanol–water partition coefficient (Wildman–Crippen LogP) is 1.64. The number of nitrogens with two attached hydrogens (primary N) is 1. The lowest BCUT2D eigenvalue weighted by molar-refractivity contribution is -0.149. The molecule has 0 aliphatic heterocycles. The molecule has 0 radical (unpaired) electrons. The SMILES string of the molecule is NC(c1cccnc1)C(F)(F)F. The summed E-state index contributed by atoms with van der Waals surface area (Å²) in [6.07, 6.45) is -1.90. The molecular weight excluding hydrogens is 169 g/mol. The first-order valence-electron chi connectivity index (χ1n) is 3.24. The van der Waals surface area contributed by atoms with Gasteiger partial charge in [0.1, 0.15) is 6.04 Å². The molecule has 0 bridgehead atoms. The molecule has 1 rings (SSSR count). The van der Waals surface area contributed by atoms with Gasteiger partial charge in [-0.05, 0) is 11.6 Å². The van der Waals surface area contributed by atoms with Crippen LogP contribution in [0.25, 0.3) is 0 Å². The Labute approximate surface area is 67.2 Å². The summed E-state index contributed by atoms with van der Waals surface area (Å²) in [5, 5.41) is 0. The summed E-state index contributed by atoms with van der Waals surface area (Å²) in [6, 6.07) is 0.776. The highest BCUT2D eigenvalue weighted by Crippen LogP contribution is 2.29. The van der Waals surface area contributed by atoms with E-state index in [-0.39, 0.29) is 5.56 Å². The van der Waals surface area contributed by atoms with Crippen LogP contribution in [0.1, 0.15) is 11.6 Å². The summed E-state index contributed by atoms with van der Waals surface area (Å²) in [7, 11) is 0. The number of hydrogen-bond acceptors (Lipinski definition) is 2. The van der Waals surface area contributed by atoms with E-state index < -0.39 is 12.2 Å². The molecule has 0 amide bonds. The Morgan fingerprint density at radius 3 is 2.50 bits per heavy atom. The van der Waals surface area contributed by atoms with E-state index in [1.165, 1.54) is 18.3 Å². The minimum atomic E-state index is -4.40. The maximum atomic E-state index is 12.0. The molecular formula is C7H7F3N2. The zero-order valence-electron chi connectivity index (χ0n) is 6.05. The standard InChI is InChI=1S/C7H7F3N2/c8-7(9,10)6(11)5-2-1-3-12-4-5/h1-4,6H,11H2. The molecule has 1 heterocycles. The summed E-state index contributed by atoms with van der Waals surface area (Å²) >= 11 is 0. The Morgan fingerprint density at radius 2 is 2.08 bits per heavy atom. The average Bonchev–Trinajstić information content (AvgIpc) is 2.03. The van der Waals surface area contributed by atoms with Crippen LogP contribution >= 0.6 is 0 Å². The second-order valence-corrected chi connectivity index (χ2v) is 2.31. The van der Waals surface area contributed by atoms with Crippen molar-refractivity contribution in [2.24, 2.45) is 5.73 Å². The van der Waals surface area contributed by atoms with Gasteiger partial charge >= 0.3 is 6.18 Å². The van der Waals surface area contributed by atoms with Gasteiger partial charge in [0.2, 0.25) is 0 Å². The van der Waals surface area contributed by atoms with Crippen LogP contribution in [0, 0.1) is 0 Å². The van der Waals surface area contributed by atoms with Gasteiger partial charge < -0.3 is 5.73 Å². The number of rotatable bonds is 1. The molecule has 0 saturated carbocycles. The number of alkyl halides is 3. The third-order valence-electron chi connectivity index (χ3n) is 1.40. The third kappa shape index (κ3) is 1.94. The molecule has 0 saturated heterocycles. The Hall–Kier alpha value is -1.10. The number of aromatic nitrogens is 1. The van der Waals surface area contributed by atoms with Crippen molar-refractivity contribution in [2.75, 3.05) is 0 Å². The Bertz CT molecular complexity index is 245. The summed E-state index contributed by atoms with van der Waals surface area (Å²) in [5.74, 6) is 0. The van der Waals surface area contributed by atoms with Gasteiger partial charge in [-0.1, -0.05) is 6.07 Å². The van der Waals surface area contributed by atoms with Crippen molar-refractivity contribution in [3.05, 3.63) is 30.1 Å². The van der Waals surface area contributed by atoms with Crippen LogP contribution in [0.4, 0.5) is 13.2 Å². The molecule has 5 heteroatoms. The lowest BCUT2D eigenvalue weighted by Crippen LogP contribution is -2.28. The van der Waals surface area contributed by atoms with Gasteiger partial charge in [-0.2, -0.15) is 13.2 Å². The van der Waals surface area contributed by atoms with Crippen molar-refractivity contribution >= 4 is 0 Å². The van der Waals surface area contributed by atoms with Crippen LogP contribution in [0.15, 0.2) is 24.5 Å². The fraction of sp³-hybridized carbons (Fsp3) is 0.286. The van der Waals surface area contributed by atoms with Gasteiger partial charge in [0, 0.05) is 12.4 Å². The van der Waals surface area contributed by atoms with Gasteiger partial charge in [0.05, 0.1) is 0 Å². The van der Waals surface area contributed by atoms with Crippen LogP contribution in [0.2, 0.25) is 0 Å². The summed E-state index contributed by atoms with van der Waals surface area (Å²) < 4.78 is 35.9. The monoisotopic (exact) mass is 176 g/mol. The molecule has 12 heavy (non-hydrogen) atoms. The van der Waals surface area contributed by atoms with E-state index in [4.69, 9.17) is 5.73 Å². The predicted molar refractivity (Wildman–Crippen MR) is 37.2 cm³/mol. The number of halogens is 3. The third-order valence-corrected chi connectivity index (χ3v) is 1.40. The number of nitrogens with zero attached hydrogens (tertiary/aromatic N) is 1. The van der Waals surface area contributed by atoms with Crippen molar-refractivity contribution in [3.8, 4) is 0 Å². The van der Waals surface area contributed by atoms with Crippen LogP contribution in [-0.2, 0) is 0 Å². The van der Waals surface area contributed by atoms with E-state index in [0.29, 0.717) is 0 Å². The number of hydrogen-bond donors (Lipinski definition) is 1. The second kappa shape index (κ2) is 3.10. The van der Waals surface area contributed by atoms with E-state index in [1.807, 2.05) is 0 Å². The molecule has 66 valence electrons. The molecule has 0 aromatic carbocycles. The molecule has 2 N–H and O–H groups in total. The van der Waals surface area contributed by atoms with E-state index in [9.17, 15) is 13.2 Å². The van der Waals surface area contributed by atoms with E-state index in [2.05, 4.69) is 4.98 Å². The Kier molecular flexibility index (Phi) is 2.32. The van der Waals surface area contributed by atoms with Gasteiger partial charge in [-0.15, -0.1) is 0 Å². The molecule has 1 aromatic rings. The first-order valence-corrected chi connectivity index (χ1v) is 3.24. The van der Waals surface area contributed by atoms with Crippen molar-refractivity contribution in [2.45, 2.75) is 12.2 Å².